The van der Waals surface area contributed by atoms with Gasteiger partial charge in [-0.05, 0) is 31.9 Å². The molecule has 0 saturated carbocycles. The third kappa shape index (κ3) is 4.43. The van der Waals surface area contributed by atoms with E-state index >= 15 is 0 Å². The van der Waals surface area contributed by atoms with Crippen molar-refractivity contribution in [2.45, 2.75) is 40.5 Å². The van der Waals surface area contributed by atoms with Crippen LogP contribution in [0.1, 0.15) is 50.9 Å². The molecule has 0 spiro atoms. The smallest absolute Gasteiger partial charge is 0.229 e. The van der Waals surface area contributed by atoms with Crippen LogP contribution in [0.2, 0.25) is 0 Å². The van der Waals surface area contributed by atoms with Crippen molar-refractivity contribution in [3.63, 3.8) is 0 Å². The number of rotatable bonds is 3. The number of nitrogens with zero attached hydrogens (tertiary/aromatic N) is 1. The van der Waals surface area contributed by atoms with E-state index in [1.165, 1.54) is 6.92 Å². The van der Waals surface area contributed by atoms with Gasteiger partial charge in [-0.15, -0.1) is 0 Å². The Bertz CT molecular complexity index is 646. The standard InChI is InChI=1S/C19H26N2O3/c1-13(22)14-7-5-9-16(11-14)20-17(23)15-8-6-10-21(12-15)18(24)19(2,3)4/h5,7,9,11,15H,6,8,10,12H2,1-4H3,(H,20,23). The number of amides is 2. The Labute approximate surface area is 143 Å². The van der Waals surface area contributed by atoms with Crippen molar-refractivity contribution in [1.82, 2.24) is 4.90 Å². The van der Waals surface area contributed by atoms with E-state index in [1.807, 2.05) is 20.8 Å². The molecule has 0 aromatic heterocycles. The van der Waals surface area contributed by atoms with Gasteiger partial charge in [0.2, 0.25) is 11.8 Å². The molecule has 1 aromatic carbocycles. The zero-order valence-electron chi connectivity index (χ0n) is 14.9. The molecule has 24 heavy (non-hydrogen) atoms. The van der Waals surface area contributed by atoms with Gasteiger partial charge in [-0.2, -0.15) is 0 Å². The molecule has 1 fully saturated rings. The maximum Gasteiger partial charge on any atom is 0.229 e. The van der Waals surface area contributed by atoms with Crippen LogP contribution in [0, 0.1) is 11.3 Å². The third-order valence-electron chi connectivity index (χ3n) is 4.26. The van der Waals surface area contributed by atoms with Crippen LogP contribution in [0.15, 0.2) is 24.3 Å². The molecule has 1 aliphatic heterocycles. The fraction of sp³-hybridized carbons (Fsp3) is 0.526. The van der Waals surface area contributed by atoms with Gasteiger partial charge in [-0.3, -0.25) is 14.4 Å². The Kier molecular flexibility index (Phi) is 5.42. The van der Waals surface area contributed by atoms with Gasteiger partial charge in [0.15, 0.2) is 5.78 Å². The zero-order valence-corrected chi connectivity index (χ0v) is 14.9. The highest BCUT2D eigenvalue weighted by molar-refractivity contribution is 5.97. The number of nitrogens with one attached hydrogen (secondary N) is 1. The summed E-state index contributed by atoms with van der Waals surface area (Å²) in [5.74, 6) is -0.266. The number of carbonyl (C=O) groups is 3. The van der Waals surface area contributed by atoms with Crippen molar-refractivity contribution in [3.05, 3.63) is 29.8 Å². The average molecular weight is 330 g/mol. The van der Waals surface area contributed by atoms with Gasteiger partial charge < -0.3 is 10.2 Å². The lowest BCUT2D eigenvalue weighted by Crippen LogP contribution is -2.47. The second kappa shape index (κ2) is 7.16. The second-order valence-corrected chi connectivity index (χ2v) is 7.47. The van der Waals surface area contributed by atoms with Crippen LogP contribution in [0.25, 0.3) is 0 Å². The summed E-state index contributed by atoms with van der Waals surface area (Å²) in [6.45, 7) is 8.34. The summed E-state index contributed by atoms with van der Waals surface area (Å²) in [6, 6.07) is 6.93. The van der Waals surface area contributed by atoms with E-state index in [4.69, 9.17) is 0 Å². The minimum absolute atomic E-state index is 0.0364. The Hall–Kier alpha value is -2.17. The highest BCUT2D eigenvalue weighted by Crippen LogP contribution is 2.24. The molecule has 1 heterocycles. The van der Waals surface area contributed by atoms with E-state index in [0.717, 1.165) is 12.8 Å². The number of likely N-dealkylation sites (tertiary alicyclic amines) is 1. The SMILES string of the molecule is CC(=O)c1cccc(NC(=O)C2CCCN(C(=O)C(C)(C)C)C2)c1. The molecule has 2 amide bonds. The van der Waals surface area contributed by atoms with Crippen molar-refractivity contribution in [1.29, 1.82) is 0 Å². The van der Waals surface area contributed by atoms with Crippen LogP contribution in [0.3, 0.4) is 0 Å². The van der Waals surface area contributed by atoms with Crippen molar-refractivity contribution in [2.75, 3.05) is 18.4 Å². The van der Waals surface area contributed by atoms with Crippen LogP contribution >= 0.6 is 0 Å². The number of anilines is 1. The average Bonchev–Trinajstić information content (AvgIpc) is 2.53. The van der Waals surface area contributed by atoms with Gasteiger partial charge in [0.1, 0.15) is 0 Å². The number of hydrogen-bond donors (Lipinski definition) is 1. The van der Waals surface area contributed by atoms with Gasteiger partial charge >= 0.3 is 0 Å². The highest BCUT2D eigenvalue weighted by atomic mass is 16.2. The lowest BCUT2D eigenvalue weighted by molar-refractivity contribution is -0.142. The van der Waals surface area contributed by atoms with Crippen LogP contribution in [-0.2, 0) is 9.59 Å². The van der Waals surface area contributed by atoms with Gasteiger partial charge in [-0.1, -0.05) is 32.9 Å². The second-order valence-electron chi connectivity index (χ2n) is 7.47. The van der Waals surface area contributed by atoms with Crippen molar-refractivity contribution in [2.24, 2.45) is 11.3 Å². The number of hydrogen-bond acceptors (Lipinski definition) is 3. The Morgan fingerprint density at radius 3 is 2.54 bits per heavy atom. The van der Waals surface area contributed by atoms with Crippen LogP contribution in [-0.4, -0.2) is 35.6 Å². The molecular weight excluding hydrogens is 304 g/mol. The van der Waals surface area contributed by atoms with Crippen LogP contribution in [0.5, 0.6) is 0 Å². The zero-order chi connectivity index (χ0) is 17.9. The lowest BCUT2D eigenvalue weighted by Gasteiger charge is -2.35. The summed E-state index contributed by atoms with van der Waals surface area (Å²) in [6.07, 6.45) is 1.60. The monoisotopic (exact) mass is 330 g/mol. The molecule has 1 aromatic rings. The lowest BCUT2D eigenvalue weighted by atomic mass is 9.91. The quantitative estimate of drug-likeness (QED) is 0.866. The summed E-state index contributed by atoms with van der Waals surface area (Å²) in [7, 11) is 0. The predicted octanol–water partition coefficient (Wildman–Crippen LogP) is 3.11. The number of piperidine rings is 1. The third-order valence-corrected chi connectivity index (χ3v) is 4.26. The molecule has 1 saturated heterocycles. The van der Waals surface area contributed by atoms with Gasteiger partial charge in [-0.25, -0.2) is 0 Å². The largest absolute Gasteiger partial charge is 0.341 e. The molecule has 1 N–H and O–H groups in total. The topological polar surface area (TPSA) is 66.5 Å². The molecule has 130 valence electrons. The van der Waals surface area contributed by atoms with Crippen molar-refractivity contribution < 1.29 is 14.4 Å². The predicted molar refractivity (Wildman–Crippen MR) is 93.8 cm³/mol. The Morgan fingerprint density at radius 1 is 1.21 bits per heavy atom. The number of ketones is 1. The first-order valence-corrected chi connectivity index (χ1v) is 8.39. The first kappa shape index (κ1) is 18.2. The maximum atomic E-state index is 12.5. The first-order chi connectivity index (χ1) is 11.2. The molecule has 0 bridgehead atoms. The Morgan fingerprint density at radius 2 is 1.92 bits per heavy atom. The van der Waals surface area contributed by atoms with Crippen molar-refractivity contribution in [3.8, 4) is 0 Å². The van der Waals surface area contributed by atoms with E-state index in [2.05, 4.69) is 5.32 Å². The van der Waals surface area contributed by atoms with Gasteiger partial charge in [0.05, 0.1) is 5.92 Å². The van der Waals surface area contributed by atoms with E-state index in [9.17, 15) is 14.4 Å². The minimum Gasteiger partial charge on any atom is -0.341 e. The summed E-state index contributed by atoms with van der Waals surface area (Å²) in [5.41, 5.74) is 0.752. The molecule has 5 heteroatoms. The van der Waals surface area contributed by atoms with Crippen molar-refractivity contribution >= 4 is 23.3 Å². The molecule has 5 nitrogen and oxygen atoms in total. The molecule has 2 rings (SSSR count). The van der Waals surface area contributed by atoms with Gasteiger partial charge in [0, 0.05) is 29.8 Å². The molecule has 0 aliphatic carbocycles. The maximum absolute atomic E-state index is 12.5. The Balaban J connectivity index is 2.03. The molecular formula is C19H26N2O3. The first-order valence-electron chi connectivity index (χ1n) is 8.39. The van der Waals surface area contributed by atoms with Crippen LogP contribution < -0.4 is 5.32 Å². The summed E-state index contributed by atoms with van der Waals surface area (Å²) < 4.78 is 0. The molecule has 1 atom stereocenters. The summed E-state index contributed by atoms with van der Waals surface area (Å²) >= 11 is 0. The van der Waals surface area contributed by atoms with E-state index in [0.29, 0.717) is 24.3 Å². The normalized spacial score (nSPS) is 18.2. The summed E-state index contributed by atoms with van der Waals surface area (Å²) in [5, 5.41) is 2.88. The van der Waals surface area contributed by atoms with E-state index < -0.39 is 5.41 Å². The fourth-order valence-corrected chi connectivity index (χ4v) is 2.91. The van der Waals surface area contributed by atoms with Crippen LogP contribution in [0.4, 0.5) is 5.69 Å². The minimum atomic E-state index is -0.436. The number of carbonyl (C=O) groups excluding carboxylic acids is 3. The number of benzene rings is 1. The summed E-state index contributed by atoms with van der Waals surface area (Å²) in [4.78, 5) is 38.2. The van der Waals surface area contributed by atoms with E-state index in [-0.39, 0.29) is 23.5 Å². The molecule has 0 radical (unpaired) electrons. The van der Waals surface area contributed by atoms with Gasteiger partial charge in [0.25, 0.3) is 0 Å². The molecule has 1 unspecified atom stereocenters. The van der Waals surface area contributed by atoms with E-state index in [1.54, 1.807) is 29.2 Å². The number of Topliss-reactive ketones (excluding diaryl/α,β-unsaturated/α-hetero) is 1. The fourth-order valence-electron chi connectivity index (χ4n) is 2.91. The molecule has 1 aliphatic rings. The highest BCUT2D eigenvalue weighted by Gasteiger charge is 2.33.